The molecule has 0 aliphatic carbocycles. The summed E-state index contributed by atoms with van der Waals surface area (Å²) in [5, 5.41) is 3.74. The number of benzene rings is 2. The number of aryl methyl sites for hydroxylation is 1. The summed E-state index contributed by atoms with van der Waals surface area (Å²) in [5.41, 5.74) is 1.30. The van der Waals surface area contributed by atoms with Crippen LogP contribution < -0.4 is 4.74 Å². The summed E-state index contributed by atoms with van der Waals surface area (Å²) >= 11 is 3.37. The van der Waals surface area contributed by atoms with Crippen molar-refractivity contribution in [1.29, 1.82) is 0 Å². The molecule has 2 aromatic carbocycles. The van der Waals surface area contributed by atoms with Crippen molar-refractivity contribution < 1.29 is 23.6 Å². The lowest BCUT2D eigenvalue weighted by atomic mass is 10.2. The van der Waals surface area contributed by atoms with E-state index >= 15 is 0 Å². The summed E-state index contributed by atoms with van der Waals surface area (Å²) in [5.74, 6) is 0.562. The summed E-state index contributed by atoms with van der Waals surface area (Å²) in [4.78, 5) is 30.0. The van der Waals surface area contributed by atoms with Gasteiger partial charge in [0.25, 0.3) is 5.91 Å². The van der Waals surface area contributed by atoms with Gasteiger partial charge in [-0.3, -0.25) is 4.79 Å². The summed E-state index contributed by atoms with van der Waals surface area (Å²) in [7, 11) is 1.66. The van der Waals surface area contributed by atoms with Gasteiger partial charge in [-0.15, -0.1) is 0 Å². The Kier molecular flexibility index (Phi) is 7.18. The van der Waals surface area contributed by atoms with Crippen LogP contribution in [0, 0.1) is 6.92 Å². The van der Waals surface area contributed by atoms with Crippen molar-refractivity contribution in [3.63, 3.8) is 0 Å². The summed E-state index contributed by atoms with van der Waals surface area (Å²) in [6.45, 7) is 1.94. The third-order valence-electron chi connectivity index (χ3n) is 4.11. The zero-order valence-electron chi connectivity index (χ0n) is 16.5. The first-order valence-electron chi connectivity index (χ1n) is 9.08. The van der Waals surface area contributed by atoms with Gasteiger partial charge in [0.15, 0.2) is 13.2 Å². The highest BCUT2D eigenvalue weighted by Crippen LogP contribution is 2.15. The SMILES string of the molecule is Cc1nc(COc2ccc(C(=O)OCC(=O)N(C)Cc3ccc(Br)cc3)cc2)no1. The number of rotatable bonds is 8. The number of hydrogen-bond acceptors (Lipinski definition) is 7. The lowest BCUT2D eigenvalue weighted by Gasteiger charge is -2.17. The maximum absolute atomic E-state index is 12.2. The van der Waals surface area contributed by atoms with E-state index in [0.717, 1.165) is 10.0 Å². The Labute approximate surface area is 181 Å². The number of ether oxygens (including phenoxy) is 2. The average molecular weight is 474 g/mol. The van der Waals surface area contributed by atoms with Crippen molar-refractivity contribution >= 4 is 27.8 Å². The van der Waals surface area contributed by atoms with E-state index in [-0.39, 0.29) is 19.1 Å². The van der Waals surface area contributed by atoms with E-state index in [4.69, 9.17) is 14.0 Å². The molecule has 0 fully saturated rings. The van der Waals surface area contributed by atoms with E-state index in [1.165, 1.54) is 4.90 Å². The minimum absolute atomic E-state index is 0.153. The Balaban J connectivity index is 1.45. The van der Waals surface area contributed by atoms with Gasteiger partial charge in [0.2, 0.25) is 11.7 Å². The lowest BCUT2D eigenvalue weighted by Crippen LogP contribution is -2.30. The smallest absolute Gasteiger partial charge is 0.338 e. The number of amides is 1. The molecule has 8 nitrogen and oxygen atoms in total. The normalized spacial score (nSPS) is 10.5. The predicted molar refractivity (Wildman–Crippen MR) is 111 cm³/mol. The third-order valence-corrected chi connectivity index (χ3v) is 4.64. The van der Waals surface area contributed by atoms with Crippen LogP contribution in [0.1, 0.15) is 27.6 Å². The zero-order valence-corrected chi connectivity index (χ0v) is 18.1. The Bertz CT molecular complexity index is 1000. The quantitative estimate of drug-likeness (QED) is 0.461. The van der Waals surface area contributed by atoms with Crippen molar-refractivity contribution in [2.75, 3.05) is 13.7 Å². The molecule has 3 aromatic rings. The van der Waals surface area contributed by atoms with Gasteiger partial charge >= 0.3 is 5.97 Å². The summed E-state index contributed by atoms with van der Waals surface area (Å²) in [6, 6.07) is 14.0. The van der Waals surface area contributed by atoms with Crippen molar-refractivity contribution in [1.82, 2.24) is 15.0 Å². The van der Waals surface area contributed by atoms with Crippen LogP contribution in [-0.4, -0.2) is 40.6 Å². The highest BCUT2D eigenvalue weighted by molar-refractivity contribution is 9.10. The molecule has 0 unspecified atom stereocenters. The van der Waals surface area contributed by atoms with Crippen molar-refractivity contribution in [2.24, 2.45) is 0 Å². The van der Waals surface area contributed by atoms with Crippen LogP contribution in [-0.2, 0) is 22.7 Å². The van der Waals surface area contributed by atoms with E-state index in [2.05, 4.69) is 26.1 Å². The van der Waals surface area contributed by atoms with Crippen LogP contribution in [0.15, 0.2) is 57.5 Å². The molecule has 1 aromatic heterocycles. The van der Waals surface area contributed by atoms with Crippen LogP contribution in [0.5, 0.6) is 5.75 Å². The highest BCUT2D eigenvalue weighted by Gasteiger charge is 2.14. The first-order chi connectivity index (χ1) is 14.4. The molecular formula is C21H20BrN3O5. The number of esters is 1. The number of hydrogen-bond donors (Lipinski definition) is 0. The fourth-order valence-corrected chi connectivity index (χ4v) is 2.77. The average Bonchev–Trinajstić information content (AvgIpc) is 3.17. The topological polar surface area (TPSA) is 94.8 Å². The van der Waals surface area contributed by atoms with Crippen LogP contribution in [0.25, 0.3) is 0 Å². The van der Waals surface area contributed by atoms with E-state index in [0.29, 0.717) is 29.6 Å². The van der Waals surface area contributed by atoms with Gasteiger partial charge in [-0.25, -0.2) is 4.79 Å². The number of halogens is 1. The molecule has 0 aliphatic heterocycles. The Morgan fingerprint density at radius 2 is 1.80 bits per heavy atom. The summed E-state index contributed by atoms with van der Waals surface area (Å²) in [6.07, 6.45) is 0. The highest BCUT2D eigenvalue weighted by atomic mass is 79.9. The first-order valence-corrected chi connectivity index (χ1v) is 9.87. The molecule has 0 aliphatic rings. The molecule has 0 radical (unpaired) electrons. The molecule has 1 heterocycles. The molecular weight excluding hydrogens is 454 g/mol. The molecule has 3 rings (SSSR count). The molecule has 0 bridgehead atoms. The molecule has 0 saturated heterocycles. The van der Waals surface area contributed by atoms with Gasteiger partial charge in [-0.2, -0.15) is 4.98 Å². The standard InChI is InChI=1S/C21H20BrN3O5/c1-14-23-19(24-30-14)12-28-18-9-5-16(6-10-18)21(27)29-13-20(26)25(2)11-15-3-7-17(22)8-4-15/h3-10H,11-13H2,1-2H3. The van der Waals surface area contributed by atoms with E-state index < -0.39 is 5.97 Å². The van der Waals surface area contributed by atoms with Gasteiger partial charge in [0, 0.05) is 25.0 Å². The molecule has 9 heteroatoms. The fourth-order valence-electron chi connectivity index (χ4n) is 2.51. The minimum atomic E-state index is -0.583. The number of carbonyl (C=O) groups is 2. The Morgan fingerprint density at radius 3 is 2.43 bits per heavy atom. The first kappa shape index (κ1) is 21.5. The van der Waals surface area contributed by atoms with Gasteiger partial charge in [0.05, 0.1) is 5.56 Å². The molecule has 0 N–H and O–H groups in total. The second-order valence-electron chi connectivity index (χ2n) is 6.50. The third kappa shape index (κ3) is 6.15. The van der Waals surface area contributed by atoms with Crippen LogP contribution >= 0.6 is 15.9 Å². The van der Waals surface area contributed by atoms with Crippen LogP contribution in [0.4, 0.5) is 0 Å². The van der Waals surface area contributed by atoms with E-state index in [1.807, 2.05) is 24.3 Å². The lowest BCUT2D eigenvalue weighted by molar-refractivity contribution is -0.133. The van der Waals surface area contributed by atoms with Gasteiger partial charge < -0.3 is 18.9 Å². The molecule has 0 saturated carbocycles. The number of carbonyl (C=O) groups excluding carboxylic acids is 2. The molecule has 0 atom stereocenters. The molecule has 0 spiro atoms. The van der Waals surface area contributed by atoms with Gasteiger partial charge in [0.1, 0.15) is 5.75 Å². The van der Waals surface area contributed by atoms with Crippen LogP contribution in [0.2, 0.25) is 0 Å². The largest absolute Gasteiger partial charge is 0.485 e. The number of likely N-dealkylation sites (N-methyl/N-ethyl adjacent to an activating group) is 1. The Hall–Kier alpha value is -3.20. The van der Waals surface area contributed by atoms with Crippen molar-refractivity contribution in [3.8, 4) is 5.75 Å². The van der Waals surface area contributed by atoms with E-state index in [1.54, 1.807) is 38.2 Å². The maximum Gasteiger partial charge on any atom is 0.338 e. The summed E-state index contributed by atoms with van der Waals surface area (Å²) < 4.78 is 16.5. The Morgan fingerprint density at radius 1 is 1.10 bits per heavy atom. The predicted octanol–water partition coefficient (Wildman–Crippen LogP) is 3.53. The fraction of sp³-hybridized carbons (Fsp3) is 0.238. The van der Waals surface area contributed by atoms with Crippen molar-refractivity contribution in [2.45, 2.75) is 20.1 Å². The second kappa shape index (κ2) is 10.0. The molecule has 1 amide bonds. The van der Waals surface area contributed by atoms with Gasteiger partial charge in [-0.1, -0.05) is 33.2 Å². The number of aromatic nitrogens is 2. The van der Waals surface area contributed by atoms with Crippen molar-refractivity contribution in [3.05, 3.63) is 75.8 Å². The van der Waals surface area contributed by atoms with E-state index in [9.17, 15) is 9.59 Å². The van der Waals surface area contributed by atoms with Crippen LogP contribution in [0.3, 0.4) is 0 Å². The van der Waals surface area contributed by atoms with Gasteiger partial charge in [-0.05, 0) is 42.0 Å². The number of nitrogens with zero attached hydrogens (tertiary/aromatic N) is 3. The monoisotopic (exact) mass is 473 g/mol. The molecule has 156 valence electrons. The molecule has 30 heavy (non-hydrogen) atoms. The maximum atomic E-state index is 12.2. The zero-order chi connectivity index (χ0) is 21.5. The minimum Gasteiger partial charge on any atom is -0.485 e. The second-order valence-corrected chi connectivity index (χ2v) is 7.41.